The van der Waals surface area contributed by atoms with Crippen molar-refractivity contribution in [2.24, 2.45) is 0 Å². The molecule has 0 spiro atoms. The number of anilines is 2. The van der Waals surface area contributed by atoms with E-state index in [1.54, 1.807) is 24.3 Å². The van der Waals surface area contributed by atoms with E-state index in [0.29, 0.717) is 17.4 Å². The van der Waals surface area contributed by atoms with Gasteiger partial charge < -0.3 is 15.7 Å². The first-order valence-electron chi connectivity index (χ1n) is 6.26. The van der Waals surface area contributed by atoms with Crippen molar-refractivity contribution in [2.75, 3.05) is 23.8 Å². The van der Waals surface area contributed by atoms with E-state index in [0.717, 1.165) is 12.1 Å². The summed E-state index contributed by atoms with van der Waals surface area (Å²) in [4.78, 5) is 13.6. The van der Waals surface area contributed by atoms with Crippen LogP contribution in [0.4, 0.5) is 20.2 Å². The van der Waals surface area contributed by atoms with Crippen LogP contribution in [-0.4, -0.2) is 24.2 Å². The summed E-state index contributed by atoms with van der Waals surface area (Å²) in [6.45, 7) is -0.344. The molecule has 2 aromatic rings. The molecular weight excluding hydrogens is 278 g/mol. The first-order chi connectivity index (χ1) is 10.0. The fourth-order valence-electron chi connectivity index (χ4n) is 2.00. The Morgan fingerprint density at radius 3 is 2.33 bits per heavy atom. The van der Waals surface area contributed by atoms with Crippen molar-refractivity contribution in [3.8, 4) is 0 Å². The van der Waals surface area contributed by atoms with Gasteiger partial charge in [-0.2, -0.15) is 0 Å². The number of hydrogen-bond acceptors (Lipinski definition) is 3. The number of carbonyl (C=O) groups is 1. The molecule has 1 amide bonds. The van der Waals surface area contributed by atoms with Crippen LogP contribution in [0.2, 0.25) is 0 Å². The fraction of sp³-hybridized carbons (Fsp3) is 0.133. The molecule has 4 nitrogen and oxygen atoms in total. The Balaban J connectivity index is 2.42. The highest BCUT2D eigenvalue weighted by Gasteiger charge is 2.20. The Morgan fingerprint density at radius 2 is 1.76 bits per heavy atom. The SMILES string of the molecule is Nc1ccccc1N(CCO)C(=O)c1cc(F)cc(F)c1. The van der Waals surface area contributed by atoms with Crippen LogP contribution >= 0.6 is 0 Å². The van der Waals surface area contributed by atoms with Gasteiger partial charge in [-0.1, -0.05) is 12.1 Å². The lowest BCUT2D eigenvalue weighted by Gasteiger charge is -2.23. The summed E-state index contributed by atoms with van der Waals surface area (Å²) in [6, 6.07) is 9.13. The van der Waals surface area contributed by atoms with Crippen molar-refractivity contribution in [3.05, 3.63) is 59.7 Å². The highest BCUT2D eigenvalue weighted by molar-refractivity contribution is 6.07. The average molecular weight is 292 g/mol. The molecule has 21 heavy (non-hydrogen) atoms. The smallest absolute Gasteiger partial charge is 0.258 e. The third-order valence-corrected chi connectivity index (χ3v) is 2.91. The van der Waals surface area contributed by atoms with Crippen molar-refractivity contribution in [2.45, 2.75) is 0 Å². The fourth-order valence-corrected chi connectivity index (χ4v) is 2.00. The van der Waals surface area contributed by atoms with Crippen LogP contribution in [-0.2, 0) is 0 Å². The van der Waals surface area contributed by atoms with E-state index in [2.05, 4.69) is 0 Å². The van der Waals surface area contributed by atoms with Crippen molar-refractivity contribution >= 4 is 17.3 Å². The molecule has 0 bridgehead atoms. The largest absolute Gasteiger partial charge is 0.397 e. The second kappa shape index (κ2) is 6.32. The first-order valence-corrected chi connectivity index (χ1v) is 6.26. The highest BCUT2D eigenvalue weighted by Crippen LogP contribution is 2.24. The van der Waals surface area contributed by atoms with Gasteiger partial charge in [-0.05, 0) is 24.3 Å². The van der Waals surface area contributed by atoms with Crippen LogP contribution < -0.4 is 10.6 Å². The van der Waals surface area contributed by atoms with Crippen LogP contribution in [0.1, 0.15) is 10.4 Å². The third-order valence-electron chi connectivity index (χ3n) is 2.91. The molecule has 0 heterocycles. The van der Waals surface area contributed by atoms with Gasteiger partial charge in [0.2, 0.25) is 0 Å². The second-order valence-electron chi connectivity index (χ2n) is 4.40. The minimum Gasteiger partial charge on any atom is -0.397 e. The molecule has 2 aromatic carbocycles. The van der Waals surface area contributed by atoms with Gasteiger partial charge in [-0.3, -0.25) is 4.79 Å². The van der Waals surface area contributed by atoms with Gasteiger partial charge in [-0.15, -0.1) is 0 Å². The van der Waals surface area contributed by atoms with E-state index < -0.39 is 17.5 Å². The second-order valence-corrected chi connectivity index (χ2v) is 4.40. The number of rotatable bonds is 4. The number of amides is 1. The Hall–Kier alpha value is -2.47. The summed E-state index contributed by atoms with van der Waals surface area (Å²) in [7, 11) is 0. The Kier molecular flexibility index (Phi) is 4.49. The van der Waals surface area contributed by atoms with Crippen LogP contribution in [0.25, 0.3) is 0 Å². The average Bonchev–Trinajstić information content (AvgIpc) is 2.44. The lowest BCUT2D eigenvalue weighted by Crippen LogP contribution is -2.34. The molecule has 6 heteroatoms. The van der Waals surface area contributed by atoms with E-state index in [1.165, 1.54) is 4.90 Å². The van der Waals surface area contributed by atoms with Gasteiger partial charge in [0.25, 0.3) is 5.91 Å². The number of para-hydroxylation sites is 2. The molecule has 0 unspecified atom stereocenters. The molecule has 0 aliphatic carbocycles. The zero-order chi connectivity index (χ0) is 15.4. The third kappa shape index (κ3) is 3.35. The van der Waals surface area contributed by atoms with Crippen LogP contribution in [0, 0.1) is 11.6 Å². The number of nitrogen functional groups attached to an aromatic ring is 1. The molecule has 0 aromatic heterocycles. The summed E-state index contributed by atoms with van der Waals surface area (Å²) in [5, 5.41) is 9.11. The minimum atomic E-state index is -0.844. The van der Waals surface area contributed by atoms with E-state index in [9.17, 15) is 13.6 Å². The molecule has 110 valence electrons. The maximum atomic E-state index is 13.2. The van der Waals surface area contributed by atoms with Gasteiger partial charge in [-0.25, -0.2) is 8.78 Å². The molecule has 0 fully saturated rings. The zero-order valence-electron chi connectivity index (χ0n) is 11.1. The number of nitrogens with zero attached hydrogens (tertiary/aromatic N) is 1. The van der Waals surface area contributed by atoms with Gasteiger partial charge >= 0.3 is 0 Å². The number of nitrogens with two attached hydrogens (primary N) is 1. The maximum Gasteiger partial charge on any atom is 0.258 e. The molecule has 0 aliphatic rings. The van der Waals surface area contributed by atoms with Crippen LogP contribution in [0.15, 0.2) is 42.5 Å². The molecule has 0 atom stereocenters. The van der Waals surface area contributed by atoms with Crippen molar-refractivity contribution in [1.29, 1.82) is 0 Å². The number of halogens is 2. The summed E-state index contributed by atoms with van der Waals surface area (Å²) in [5.74, 6) is -2.33. The van der Waals surface area contributed by atoms with Gasteiger partial charge in [0, 0.05) is 18.2 Å². The summed E-state index contributed by atoms with van der Waals surface area (Å²) in [6.07, 6.45) is 0. The number of aliphatic hydroxyl groups excluding tert-OH is 1. The summed E-state index contributed by atoms with van der Waals surface area (Å²) < 4.78 is 26.5. The van der Waals surface area contributed by atoms with E-state index in [-0.39, 0.29) is 18.7 Å². The van der Waals surface area contributed by atoms with Crippen molar-refractivity contribution < 1.29 is 18.7 Å². The molecule has 0 radical (unpaired) electrons. The predicted molar refractivity (Wildman–Crippen MR) is 76.0 cm³/mol. The monoisotopic (exact) mass is 292 g/mol. The molecule has 0 saturated heterocycles. The zero-order valence-corrected chi connectivity index (χ0v) is 11.1. The number of carbonyl (C=O) groups excluding carboxylic acids is 1. The Morgan fingerprint density at radius 1 is 1.14 bits per heavy atom. The van der Waals surface area contributed by atoms with Crippen LogP contribution in [0.3, 0.4) is 0 Å². The molecular formula is C15H14F2N2O2. The van der Waals surface area contributed by atoms with Crippen molar-refractivity contribution in [1.82, 2.24) is 0 Å². The van der Waals surface area contributed by atoms with Gasteiger partial charge in [0.05, 0.1) is 18.0 Å². The van der Waals surface area contributed by atoms with E-state index in [1.807, 2.05) is 0 Å². The van der Waals surface area contributed by atoms with Gasteiger partial charge in [0.1, 0.15) is 11.6 Å². The lowest BCUT2D eigenvalue weighted by molar-refractivity contribution is 0.0980. The van der Waals surface area contributed by atoms with E-state index >= 15 is 0 Å². The number of aliphatic hydroxyl groups is 1. The predicted octanol–water partition coefficient (Wildman–Crippen LogP) is 2.19. The topological polar surface area (TPSA) is 66.6 Å². The number of hydrogen-bond donors (Lipinski definition) is 2. The molecule has 3 N–H and O–H groups in total. The maximum absolute atomic E-state index is 13.2. The minimum absolute atomic E-state index is 0.0365. The lowest BCUT2D eigenvalue weighted by atomic mass is 10.1. The molecule has 0 aliphatic heterocycles. The molecule has 0 saturated carbocycles. The quantitative estimate of drug-likeness (QED) is 0.849. The Bertz CT molecular complexity index is 642. The van der Waals surface area contributed by atoms with Gasteiger partial charge in [0.15, 0.2) is 0 Å². The first kappa shape index (κ1) is 14.9. The standard InChI is InChI=1S/C15H14F2N2O2/c16-11-7-10(8-12(17)9-11)15(21)19(5-6-20)14-4-2-1-3-13(14)18/h1-4,7-9,20H,5-6,18H2. The molecule has 2 rings (SSSR count). The van der Waals surface area contributed by atoms with Crippen molar-refractivity contribution in [3.63, 3.8) is 0 Å². The van der Waals surface area contributed by atoms with Crippen LogP contribution in [0.5, 0.6) is 0 Å². The number of benzene rings is 2. The normalized spacial score (nSPS) is 10.4. The van der Waals surface area contributed by atoms with E-state index in [4.69, 9.17) is 10.8 Å². The Labute approximate surface area is 120 Å². The summed E-state index contributed by atoms with van der Waals surface area (Å²) in [5.41, 5.74) is 6.36. The highest BCUT2D eigenvalue weighted by atomic mass is 19.1. The summed E-state index contributed by atoms with van der Waals surface area (Å²) >= 11 is 0.